The molecule has 0 aliphatic rings. The summed E-state index contributed by atoms with van der Waals surface area (Å²) in [6, 6.07) is 2.19. The molecular weight excluding hydrogens is 284 g/mol. The first kappa shape index (κ1) is 14.3. The smallest absolute Gasteiger partial charge is 0.340 e. The highest BCUT2D eigenvalue weighted by atomic mass is 35.5. The van der Waals surface area contributed by atoms with Crippen molar-refractivity contribution in [1.29, 1.82) is 0 Å². The molecule has 8 heteroatoms. The highest BCUT2D eigenvalue weighted by molar-refractivity contribution is 6.34. The predicted molar refractivity (Wildman–Crippen MR) is 65.6 cm³/mol. The number of azide groups is 1. The molecule has 0 radical (unpaired) electrons. The summed E-state index contributed by atoms with van der Waals surface area (Å²) in [6.45, 7) is 0. The van der Waals surface area contributed by atoms with E-state index in [1.54, 1.807) is 0 Å². The van der Waals surface area contributed by atoms with Crippen LogP contribution in [0.25, 0.3) is 16.5 Å². The molecule has 0 aliphatic heterocycles. The fraction of sp³-hybridized carbons (Fsp3) is 0.100. The van der Waals surface area contributed by atoms with E-state index in [1.165, 1.54) is 6.07 Å². The Labute approximate surface area is 111 Å². The molecule has 0 bridgehead atoms. The second kappa shape index (κ2) is 6.26. The van der Waals surface area contributed by atoms with Crippen LogP contribution in [0.1, 0.15) is 5.56 Å². The Morgan fingerprint density at radius 3 is 2.72 bits per heavy atom. The topological polar surface area (TPSA) is 75.1 Å². The van der Waals surface area contributed by atoms with Gasteiger partial charge in [0.15, 0.2) is 0 Å². The molecule has 0 saturated carbocycles. The van der Waals surface area contributed by atoms with Crippen LogP contribution in [0.4, 0.5) is 4.39 Å². The molecule has 0 fully saturated rings. The van der Waals surface area contributed by atoms with E-state index in [0.717, 1.165) is 19.3 Å². The summed E-state index contributed by atoms with van der Waals surface area (Å²) in [7, 11) is 1.13. The number of benzene rings is 1. The Morgan fingerprint density at radius 2 is 2.17 bits per heavy atom. The van der Waals surface area contributed by atoms with Crippen molar-refractivity contribution in [3.05, 3.63) is 49.7 Å². The normalized spacial score (nSPS) is 10.8. The molecule has 1 aromatic rings. The molecule has 5 nitrogen and oxygen atoms in total. The summed E-state index contributed by atoms with van der Waals surface area (Å²) < 4.78 is 17.5. The number of halogens is 3. The van der Waals surface area contributed by atoms with Gasteiger partial charge in [-0.25, -0.2) is 9.18 Å². The van der Waals surface area contributed by atoms with E-state index in [9.17, 15) is 9.18 Å². The van der Waals surface area contributed by atoms with Crippen molar-refractivity contribution in [3.8, 4) is 0 Å². The summed E-state index contributed by atoms with van der Waals surface area (Å²) in [5.74, 6) is -1.54. The fourth-order valence-corrected chi connectivity index (χ4v) is 1.45. The lowest BCUT2D eigenvalue weighted by Gasteiger charge is -2.03. The van der Waals surface area contributed by atoms with Crippen LogP contribution in [0.2, 0.25) is 10.0 Å². The summed E-state index contributed by atoms with van der Waals surface area (Å²) in [4.78, 5) is 13.7. The van der Waals surface area contributed by atoms with Crippen LogP contribution < -0.4 is 0 Å². The van der Waals surface area contributed by atoms with Crippen molar-refractivity contribution in [2.24, 2.45) is 5.11 Å². The Bertz CT molecular complexity index is 568. The maximum atomic E-state index is 13.1. The number of esters is 1. The van der Waals surface area contributed by atoms with E-state index < -0.39 is 11.8 Å². The summed E-state index contributed by atoms with van der Waals surface area (Å²) in [6.07, 6.45) is 1.15. The third-order valence-electron chi connectivity index (χ3n) is 1.88. The minimum Gasteiger partial charge on any atom is -0.466 e. The molecule has 0 aliphatic carbocycles. The van der Waals surface area contributed by atoms with Gasteiger partial charge >= 0.3 is 5.97 Å². The molecular formula is C10H6Cl2FN3O2. The Balaban J connectivity index is 3.32. The SMILES string of the molecule is COC(=O)/C(=C\c1cc(Cl)c(F)cc1Cl)N=[N+]=[N-]. The van der Waals surface area contributed by atoms with Gasteiger partial charge < -0.3 is 4.74 Å². The average molecular weight is 290 g/mol. The number of carbonyl (C=O) groups is 1. The number of methoxy groups -OCH3 is 1. The molecule has 0 N–H and O–H groups in total. The number of hydrogen-bond donors (Lipinski definition) is 0. The van der Waals surface area contributed by atoms with E-state index in [1.807, 2.05) is 0 Å². The predicted octanol–water partition coefficient (Wildman–Crippen LogP) is 3.96. The maximum absolute atomic E-state index is 13.1. The monoisotopic (exact) mass is 289 g/mol. The Morgan fingerprint density at radius 1 is 1.50 bits per heavy atom. The first-order valence-electron chi connectivity index (χ1n) is 4.49. The van der Waals surface area contributed by atoms with Crippen molar-refractivity contribution >= 4 is 35.2 Å². The van der Waals surface area contributed by atoms with Gasteiger partial charge in [0.25, 0.3) is 0 Å². The highest BCUT2D eigenvalue weighted by Gasteiger charge is 2.11. The van der Waals surface area contributed by atoms with Gasteiger partial charge in [-0.1, -0.05) is 28.3 Å². The van der Waals surface area contributed by atoms with Gasteiger partial charge in [0.2, 0.25) is 0 Å². The van der Waals surface area contributed by atoms with Crippen LogP contribution in [0, 0.1) is 5.82 Å². The summed E-state index contributed by atoms with van der Waals surface area (Å²) >= 11 is 11.3. The van der Waals surface area contributed by atoms with Crippen LogP contribution in [0.15, 0.2) is 22.9 Å². The van der Waals surface area contributed by atoms with E-state index in [-0.39, 0.29) is 21.3 Å². The number of rotatable bonds is 3. The molecule has 0 heterocycles. The minimum absolute atomic E-state index is 0.0199. The van der Waals surface area contributed by atoms with Gasteiger partial charge in [0, 0.05) is 4.91 Å². The quantitative estimate of drug-likeness (QED) is 0.211. The third kappa shape index (κ3) is 3.37. The van der Waals surface area contributed by atoms with Crippen LogP contribution >= 0.6 is 23.2 Å². The standard InChI is InChI=1S/C10H6Cl2FN3O2/c1-18-10(17)9(15-16-14)3-5-2-7(12)8(13)4-6(5)11/h2-4H,1H3/b9-3+. The highest BCUT2D eigenvalue weighted by Crippen LogP contribution is 2.26. The Kier molecular flexibility index (Phi) is 4.97. The Hall–Kier alpha value is -1.75. The van der Waals surface area contributed by atoms with Gasteiger partial charge in [-0.2, -0.15) is 0 Å². The lowest BCUT2D eigenvalue weighted by molar-refractivity contribution is -0.136. The van der Waals surface area contributed by atoms with Crippen molar-refractivity contribution in [2.75, 3.05) is 7.11 Å². The first-order chi connectivity index (χ1) is 8.49. The van der Waals surface area contributed by atoms with Crippen LogP contribution in [-0.4, -0.2) is 13.1 Å². The second-order valence-corrected chi connectivity index (χ2v) is 3.81. The van der Waals surface area contributed by atoms with Crippen molar-refractivity contribution in [2.45, 2.75) is 0 Å². The molecule has 0 atom stereocenters. The summed E-state index contributed by atoms with van der Waals surface area (Å²) in [5, 5.41) is 3.00. The molecule has 0 aromatic heterocycles. The molecule has 94 valence electrons. The zero-order valence-corrected chi connectivity index (χ0v) is 10.5. The second-order valence-electron chi connectivity index (χ2n) is 3.00. The van der Waals surface area contributed by atoms with Gasteiger partial charge in [0.1, 0.15) is 11.5 Å². The lowest BCUT2D eigenvalue weighted by Crippen LogP contribution is -2.02. The molecule has 0 unspecified atom stereocenters. The van der Waals surface area contributed by atoms with Crippen molar-refractivity contribution < 1.29 is 13.9 Å². The molecule has 0 amide bonds. The number of nitrogens with zero attached hydrogens (tertiary/aromatic N) is 3. The van der Waals surface area contributed by atoms with Gasteiger partial charge in [-0.15, -0.1) is 0 Å². The molecule has 1 aromatic carbocycles. The number of ether oxygens (including phenoxy) is 1. The maximum Gasteiger partial charge on any atom is 0.340 e. The number of carbonyl (C=O) groups excluding carboxylic acids is 1. The van der Waals surface area contributed by atoms with E-state index >= 15 is 0 Å². The van der Waals surface area contributed by atoms with Crippen molar-refractivity contribution in [1.82, 2.24) is 0 Å². The molecule has 18 heavy (non-hydrogen) atoms. The summed E-state index contributed by atoms with van der Waals surface area (Å²) in [5.41, 5.74) is 8.23. The van der Waals surface area contributed by atoms with Crippen molar-refractivity contribution in [3.63, 3.8) is 0 Å². The minimum atomic E-state index is -0.843. The third-order valence-corrected chi connectivity index (χ3v) is 2.50. The lowest BCUT2D eigenvalue weighted by atomic mass is 10.2. The van der Waals surface area contributed by atoms with E-state index in [4.69, 9.17) is 28.7 Å². The number of hydrogen-bond acceptors (Lipinski definition) is 3. The van der Waals surface area contributed by atoms with Gasteiger partial charge in [-0.3, -0.25) is 0 Å². The zero-order chi connectivity index (χ0) is 13.7. The van der Waals surface area contributed by atoms with E-state index in [2.05, 4.69) is 14.8 Å². The molecule has 0 spiro atoms. The fourth-order valence-electron chi connectivity index (χ4n) is 1.08. The first-order valence-corrected chi connectivity index (χ1v) is 5.25. The van der Waals surface area contributed by atoms with Gasteiger partial charge in [0.05, 0.1) is 17.2 Å². The molecule has 0 saturated heterocycles. The molecule has 1 rings (SSSR count). The van der Waals surface area contributed by atoms with Crippen LogP contribution in [0.3, 0.4) is 0 Å². The van der Waals surface area contributed by atoms with E-state index in [0.29, 0.717) is 0 Å². The average Bonchev–Trinajstić information content (AvgIpc) is 2.34. The van der Waals surface area contributed by atoms with Gasteiger partial charge in [-0.05, 0) is 29.3 Å². The van der Waals surface area contributed by atoms with Crippen LogP contribution in [0.5, 0.6) is 0 Å². The zero-order valence-electron chi connectivity index (χ0n) is 9.02. The van der Waals surface area contributed by atoms with Crippen LogP contribution in [-0.2, 0) is 9.53 Å². The largest absolute Gasteiger partial charge is 0.466 e.